The molecule has 3 aliphatic heterocycles. The van der Waals surface area contributed by atoms with Crippen LogP contribution in [0.2, 0.25) is 0 Å². The molecule has 6 heteroatoms. The summed E-state index contributed by atoms with van der Waals surface area (Å²) in [5.74, 6) is 0. The minimum atomic E-state index is -0.529. The molecule has 0 amide bonds. The quantitative estimate of drug-likeness (QED) is 0.166. The van der Waals surface area contributed by atoms with Crippen LogP contribution in [0, 0.1) is 25.5 Å². The minimum Gasteiger partial charge on any atom is -0.510 e. The summed E-state index contributed by atoms with van der Waals surface area (Å²) in [5, 5.41) is 2.57. The van der Waals surface area contributed by atoms with E-state index in [0.717, 1.165) is 33.9 Å². The maximum atomic E-state index is 4.01. The summed E-state index contributed by atoms with van der Waals surface area (Å²) in [6, 6.07) is 41.3. The zero-order chi connectivity index (χ0) is 32.2. The molecule has 0 radical (unpaired) electrons. The van der Waals surface area contributed by atoms with Gasteiger partial charge in [0.05, 0.1) is 0 Å². The molecule has 3 aliphatic rings. The molecule has 1 atom stereocenters. The number of rotatable bonds is 3. The van der Waals surface area contributed by atoms with Gasteiger partial charge in [0.15, 0.2) is 0 Å². The molecule has 1 unspecified atom stereocenters. The second-order valence-electron chi connectivity index (χ2n) is 14.3. The van der Waals surface area contributed by atoms with E-state index in [2.05, 4.69) is 188 Å². The topological polar surface area (TPSA) is 17.9 Å². The third kappa shape index (κ3) is 4.33. The van der Waals surface area contributed by atoms with Crippen LogP contribution in [-0.2, 0) is 31.9 Å². The van der Waals surface area contributed by atoms with Crippen molar-refractivity contribution in [2.24, 2.45) is 0 Å². The van der Waals surface area contributed by atoms with Gasteiger partial charge in [-0.3, -0.25) is 0 Å². The number of fused-ring (bicyclic) bond motifs is 6. The predicted octanol–water partition coefficient (Wildman–Crippen LogP) is 9.40. The molecule has 9 rings (SSSR count). The molecule has 0 saturated heterocycles. The first-order valence-electron chi connectivity index (χ1n) is 16.3. The van der Waals surface area contributed by atoms with Crippen LogP contribution in [-0.4, -0.2) is 23.6 Å². The zero-order valence-electron chi connectivity index (χ0n) is 28.0. The van der Waals surface area contributed by atoms with Crippen LogP contribution in [0.3, 0.4) is 0 Å². The van der Waals surface area contributed by atoms with E-state index in [9.17, 15) is 0 Å². The first-order valence-corrected chi connectivity index (χ1v) is 16.3. The Morgan fingerprint density at radius 3 is 2.27 bits per heavy atom. The molecule has 48 heavy (non-hydrogen) atoms. The Labute approximate surface area is 297 Å². The van der Waals surface area contributed by atoms with Gasteiger partial charge in [0, 0.05) is 38.6 Å². The fourth-order valence-corrected chi connectivity index (χ4v) is 7.73. The molecule has 4 heterocycles. The molecule has 0 saturated carbocycles. The summed E-state index contributed by atoms with van der Waals surface area (Å²) in [5.41, 5.74) is 12.4. The van der Waals surface area contributed by atoms with Crippen LogP contribution in [0.5, 0.6) is 0 Å². The molecule has 0 bridgehead atoms. The van der Waals surface area contributed by atoms with Gasteiger partial charge in [-0.05, 0) is 67.3 Å². The number of nitrogens with zero attached hydrogens (tertiary/aromatic N) is 5. The Bertz CT molecular complexity index is 2280. The zero-order valence-corrected chi connectivity index (χ0v) is 30.3. The van der Waals surface area contributed by atoms with Crippen LogP contribution in [0.15, 0.2) is 103 Å². The summed E-state index contributed by atoms with van der Waals surface area (Å²) in [7, 11) is 4.15. The van der Waals surface area contributed by atoms with Crippen LogP contribution in [0.1, 0.15) is 49.9 Å². The second-order valence-corrected chi connectivity index (χ2v) is 14.3. The normalized spacial score (nSPS) is 18.1. The Morgan fingerprint density at radius 1 is 0.708 bits per heavy atom. The average Bonchev–Trinajstić information content (AvgIpc) is 3.77. The van der Waals surface area contributed by atoms with E-state index >= 15 is 0 Å². The van der Waals surface area contributed by atoms with Crippen LogP contribution < -0.4 is 14.7 Å². The minimum absolute atomic E-state index is 0. The standard InChI is InChI=1S/C42H37N5.Pt/c1-41(2,3)28-17-19-36-33(24-28)32-13-10-14-34-40(32)47(36)37-20-18-31(46-27-44(6)38-15-7-8-16-39(38)46)25-35(37)42(34,4)29-11-9-12-30(23-29)45-22-21-43(5)26-45;/h7-22,24,26-27H,1-6H3;/q-4;+4. The van der Waals surface area contributed by atoms with E-state index in [-0.39, 0.29) is 26.5 Å². The van der Waals surface area contributed by atoms with Gasteiger partial charge in [-0.15, -0.1) is 34.6 Å². The number of para-hydroxylation sites is 3. The summed E-state index contributed by atoms with van der Waals surface area (Å²) in [4.78, 5) is 8.63. The Kier molecular flexibility index (Phi) is 6.92. The molecule has 0 N–H and O–H groups in total. The van der Waals surface area contributed by atoms with Crippen molar-refractivity contribution in [3.8, 4) is 5.69 Å². The predicted molar refractivity (Wildman–Crippen MR) is 194 cm³/mol. The fourth-order valence-electron chi connectivity index (χ4n) is 7.73. The van der Waals surface area contributed by atoms with Crippen molar-refractivity contribution in [1.29, 1.82) is 0 Å². The van der Waals surface area contributed by atoms with Crippen LogP contribution in [0.4, 0.5) is 22.7 Å². The van der Waals surface area contributed by atoms with Gasteiger partial charge in [-0.2, -0.15) is 43.7 Å². The largest absolute Gasteiger partial charge is 4.00 e. The molecule has 240 valence electrons. The van der Waals surface area contributed by atoms with Gasteiger partial charge in [0.1, 0.15) is 0 Å². The van der Waals surface area contributed by atoms with E-state index in [1.165, 1.54) is 38.6 Å². The molecule has 1 aromatic heterocycles. The van der Waals surface area contributed by atoms with E-state index in [1.54, 1.807) is 0 Å². The van der Waals surface area contributed by atoms with Gasteiger partial charge in [-0.25, -0.2) is 0 Å². The third-order valence-electron chi connectivity index (χ3n) is 10.3. The van der Waals surface area contributed by atoms with Crippen molar-refractivity contribution in [1.82, 2.24) is 9.47 Å². The van der Waals surface area contributed by atoms with Gasteiger partial charge in [0.25, 0.3) is 0 Å². The van der Waals surface area contributed by atoms with E-state index in [1.807, 2.05) is 7.05 Å². The SMILES string of the molecule is CN1C=CN(c2[c-]c(C3(C)c4[c-]c(N5[CH-]N(C)c6ccccc65)ccc4-n4c5ccc(C(C)(C)C)cc5c5cccc3c54)ccc2)[CH-]1.[Pt+4]. The number of hydrogen-bond donors (Lipinski definition) is 0. The van der Waals surface area contributed by atoms with Crippen molar-refractivity contribution in [2.45, 2.75) is 38.5 Å². The molecule has 5 aromatic carbocycles. The Balaban J connectivity index is 0.00000336. The Hall–Kier alpha value is -4.47. The fraction of sp³-hybridized carbons (Fsp3) is 0.190. The number of benzene rings is 5. The average molecular weight is 807 g/mol. The Morgan fingerprint density at radius 2 is 1.50 bits per heavy atom. The molecular weight excluding hydrogens is 770 g/mol. The first kappa shape index (κ1) is 30.8. The first-order chi connectivity index (χ1) is 22.6. The number of hydrogen-bond acceptors (Lipinski definition) is 4. The van der Waals surface area contributed by atoms with Gasteiger partial charge in [-0.1, -0.05) is 69.8 Å². The van der Waals surface area contributed by atoms with Crippen LogP contribution in [0.25, 0.3) is 27.5 Å². The van der Waals surface area contributed by atoms with E-state index in [4.69, 9.17) is 0 Å². The molecule has 6 aromatic rings. The molecule has 0 aliphatic carbocycles. The number of aromatic nitrogens is 1. The molecular formula is C42H37N5Pt. The summed E-state index contributed by atoms with van der Waals surface area (Å²) in [6.45, 7) is 13.5. The van der Waals surface area contributed by atoms with Gasteiger partial charge < -0.3 is 24.2 Å². The maximum absolute atomic E-state index is 4.01. The third-order valence-corrected chi connectivity index (χ3v) is 10.3. The van der Waals surface area contributed by atoms with E-state index < -0.39 is 5.41 Å². The molecule has 5 nitrogen and oxygen atoms in total. The van der Waals surface area contributed by atoms with Crippen molar-refractivity contribution < 1.29 is 21.1 Å². The van der Waals surface area contributed by atoms with Gasteiger partial charge >= 0.3 is 21.1 Å². The van der Waals surface area contributed by atoms with Crippen molar-refractivity contribution in [3.05, 3.63) is 151 Å². The van der Waals surface area contributed by atoms with Crippen molar-refractivity contribution in [2.75, 3.05) is 28.8 Å². The van der Waals surface area contributed by atoms with Crippen molar-refractivity contribution >= 4 is 44.6 Å². The second kappa shape index (κ2) is 10.8. The monoisotopic (exact) mass is 806 g/mol. The smallest absolute Gasteiger partial charge is 0.510 e. The van der Waals surface area contributed by atoms with Gasteiger partial charge in [0.2, 0.25) is 0 Å². The van der Waals surface area contributed by atoms with E-state index in [0.29, 0.717) is 0 Å². The van der Waals surface area contributed by atoms with Crippen molar-refractivity contribution in [3.63, 3.8) is 0 Å². The molecule has 0 fully saturated rings. The summed E-state index contributed by atoms with van der Waals surface area (Å²) in [6.07, 6.45) is 4.14. The molecule has 0 spiro atoms. The number of anilines is 4. The summed E-state index contributed by atoms with van der Waals surface area (Å²) < 4.78 is 2.48. The summed E-state index contributed by atoms with van der Waals surface area (Å²) >= 11 is 0. The maximum Gasteiger partial charge on any atom is 4.00 e. The van der Waals surface area contributed by atoms with Crippen LogP contribution >= 0.6 is 0 Å².